The predicted molar refractivity (Wildman–Crippen MR) is 90.4 cm³/mol. The van der Waals surface area contributed by atoms with Crippen LogP contribution in [0.25, 0.3) is 11.4 Å². The van der Waals surface area contributed by atoms with Crippen molar-refractivity contribution in [3.05, 3.63) is 53.4 Å². The standard InChI is InChI=1S/C16H17ClN6/c1-2-13-14(17)20-15(12-6-4-3-5-7-12)21-16(13)18-8-10-23-11-9-19-22-23/h3-7,9,11H,2,8,10H2,1H3,(H,18,20,21). The van der Waals surface area contributed by atoms with Crippen LogP contribution < -0.4 is 5.32 Å². The van der Waals surface area contributed by atoms with Crippen molar-refractivity contribution in [2.24, 2.45) is 0 Å². The van der Waals surface area contributed by atoms with Crippen LogP contribution in [-0.2, 0) is 13.0 Å². The van der Waals surface area contributed by atoms with Gasteiger partial charge in [-0.1, -0.05) is 54.1 Å². The summed E-state index contributed by atoms with van der Waals surface area (Å²) in [5.41, 5.74) is 1.86. The lowest BCUT2D eigenvalue weighted by Gasteiger charge is -2.13. The Labute approximate surface area is 139 Å². The van der Waals surface area contributed by atoms with Crippen LogP contribution in [0.15, 0.2) is 42.7 Å². The van der Waals surface area contributed by atoms with Crippen LogP contribution in [0.3, 0.4) is 0 Å². The molecule has 0 aliphatic heterocycles. The molecule has 0 atom stereocenters. The molecule has 2 heterocycles. The van der Waals surface area contributed by atoms with Gasteiger partial charge < -0.3 is 5.32 Å². The summed E-state index contributed by atoms with van der Waals surface area (Å²) in [6.07, 6.45) is 4.25. The zero-order valence-electron chi connectivity index (χ0n) is 12.8. The van der Waals surface area contributed by atoms with Gasteiger partial charge in [-0.2, -0.15) is 0 Å². The van der Waals surface area contributed by atoms with E-state index in [9.17, 15) is 0 Å². The number of nitrogens with zero attached hydrogens (tertiary/aromatic N) is 5. The summed E-state index contributed by atoms with van der Waals surface area (Å²) in [4.78, 5) is 9.06. The van der Waals surface area contributed by atoms with Gasteiger partial charge in [-0.25, -0.2) is 9.97 Å². The monoisotopic (exact) mass is 328 g/mol. The van der Waals surface area contributed by atoms with E-state index in [4.69, 9.17) is 11.6 Å². The minimum atomic E-state index is 0.490. The third kappa shape index (κ3) is 3.65. The summed E-state index contributed by atoms with van der Waals surface area (Å²) in [5, 5.41) is 11.5. The van der Waals surface area contributed by atoms with Crippen LogP contribution in [0.1, 0.15) is 12.5 Å². The highest BCUT2D eigenvalue weighted by atomic mass is 35.5. The lowest BCUT2D eigenvalue weighted by molar-refractivity contribution is 0.608. The highest BCUT2D eigenvalue weighted by molar-refractivity contribution is 6.30. The molecule has 0 unspecified atom stereocenters. The smallest absolute Gasteiger partial charge is 0.163 e. The van der Waals surface area contributed by atoms with E-state index in [0.717, 1.165) is 23.4 Å². The predicted octanol–water partition coefficient (Wildman–Crippen LogP) is 3.06. The zero-order valence-corrected chi connectivity index (χ0v) is 13.5. The fourth-order valence-corrected chi connectivity index (χ4v) is 2.58. The number of benzene rings is 1. The normalized spacial score (nSPS) is 10.7. The Hall–Kier alpha value is -2.47. The number of nitrogens with one attached hydrogen (secondary N) is 1. The van der Waals surface area contributed by atoms with Crippen LogP contribution in [0.5, 0.6) is 0 Å². The topological polar surface area (TPSA) is 68.5 Å². The average molecular weight is 329 g/mol. The Bertz CT molecular complexity index is 758. The molecule has 0 saturated carbocycles. The Kier molecular flexibility index (Phi) is 4.83. The summed E-state index contributed by atoms with van der Waals surface area (Å²) in [6.45, 7) is 3.42. The molecule has 23 heavy (non-hydrogen) atoms. The van der Waals surface area contributed by atoms with E-state index in [1.807, 2.05) is 43.5 Å². The molecule has 2 aromatic heterocycles. The van der Waals surface area contributed by atoms with Gasteiger partial charge in [0.25, 0.3) is 0 Å². The maximum Gasteiger partial charge on any atom is 0.163 e. The van der Waals surface area contributed by atoms with Gasteiger partial charge in [-0.15, -0.1) is 5.10 Å². The number of halogens is 1. The van der Waals surface area contributed by atoms with E-state index in [1.165, 1.54) is 0 Å². The van der Waals surface area contributed by atoms with Crippen LogP contribution in [0, 0.1) is 0 Å². The molecule has 0 spiro atoms. The summed E-state index contributed by atoms with van der Waals surface area (Å²) in [7, 11) is 0. The second kappa shape index (κ2) is 7.19. The van der Waals surface area contributed by atoms with Crippen LogP contribution in [0.2, 0.25) is 5.15 Å². The van der Waals surface area contributed by atoms with Crippen LogP contribution in [-0.4, -0.2) is 31.5 Å². The Morgan fingerprint density at radius 3 is 2.70 bits per heavy atom. The highest BCUT2D eigenvalue weighted by Gasteiger charge is 2.12. The number of hydrogen-bond donors (Lipinski definition) is 1. The second-order valence-electron chi connectivity index (χ2n) is 4.98. The second-order valence-corrected chi connectivity index (χ2v) is 5.34. The average Bonchev–Trinajstić information content (AvgIpc) is 3.09. The van der Waals surface area contributed by atoms with Crippen molar-refractivity contribution < 1.29 is 0 Å². The van der Waals surface area contributed by atoms with E-state index < -0.39 is 0 Å². The summed E-state index contributed by atoms with van der Waals surface area (Å²) in [6, 6.07) is 9.81. The molecule has 3 rings (SSSR count). The van der Waals surface area contributed by atoms with Crippen molar-refractivity contribution in [3.63, 3.8) is 0 Å². The number of aromatic nitrogens is 5. The fourth-order valence-electron chi connectivity index (χ4n) is 2.27. The third-order valence-corrected chi connectivity index (χ3v) is 3.76. The molecule has 0 amide bonds. The van der Waals surface area contributed by atoms with E-state index in [0.29, 0.717) is 24.1 Å². The molecule has 3 aromatic rings. The molecule has 0 saturated heterocycles. The molecule has 0 bridgehead atoms. The van der Waals surface area contributed by atoms with Crippen LogP contribution >= 0.6 is 11.6 Å². The minimum Gasteiger partial charge on any atom is -0.368 e. The van der Waals surface area contributed by atoms with E-state index >= 15 is 0 Å². The minimum absolute atomic E-state index is 0.490. The molecule has 7 heteroatoms. The van der Waals surface area contributed by atoms with E-state index in [2.05, 4.69) is 25.6 Å². The molecular formula is C16H17ClN6. The van der Waals surface area contributed by atoms with Gasteiger partial charge in [0.05, 0.1) is 12.7 Å². The Morgan fingerprint density at radius 2 is 2.00 bits per heavy atom. The van der Waals surface area contributed by atoms with Gasteiger partial charge in [0.15, 0.2) is 5.82 Å². The van der Waals surface area contributed by atoms with Crippen molar-refractivity contribution in [1.29, 1.82) is 0 Å². The van der Waals surface area contributed by atoms with Crippen molar-refractivity contribution >= 4 is 17.4 Å². The van der Waals surface area contributed by atoms with Gasteiger partial charge in [-0.3, -0.25) is 4.68 Å². The number of anilines is 1. The largest absolute Gasteiger partial charge is 0.368 e. The molecule has 118 valence electrons. The summed E-state index contributed by atoms with van der Waals surface area (Å²) in [5.74, 6) is 1.39. The van der Waals surface area contributed by atoms with Crippen molar-refractivity contribution in [3.8, 4) is 11.4 Å². The maximum absolute atomic E-state index is 6.34. The van der Waals surface area contributed by atoms with Crippen LogP contribution in [0.4, 0.5) is 5.82 Å². The number of rotatable bonds is 6. The first-order valence-corrected chi connectivity index (χ1v) is 7.85. The maximum atomic E-state index is 6.34. The zero-order chi connectivity index (χ0) is 16.1. The van der Waals surface area contributed by atoms with Gasteiger partial charge in [0.1, 0.15) is 11.0 Å². The fraction of sp³-hybridized carbons (Fsp3) is 0.250. The lowest BCUT2D eigenvalue weighted by Crippen LogP contribution is -2.14. The quantitative estimate of drug-likeness (QED) is 0.704. The van der Waals surface area contributed by atoms with Gasteiger partial charge >= 0.3 is 0 Å². The first-order chi connectivity index (χ1) is 11.3. The number of hydrogen-bond acceptors (Lipinski definition) is 5. The lowest BCUT2D eigenvalue weighted by atomic mass is 10.2. The van der Waals surface area contributed by atoms with Gasteiger partial charge in [0.2, 0.25) is 0 Å². The highest BCUT2D eigenvalue weighted by Crippen LogP contribution is 2.26. The molecule has 0 aliphatic rings. The first kappa shape index (κ1) is 15.4. The molecule has 6 nitrogen and oxygen atoms in total. The van der Waals surface area contributed by atoms with Gasteiger partial charge in [-0.05, 0) is 6.42 Å². The van der Waals surface area contributed by atoms with Gasteiger partial charge in [0, 0.05) is 23.9 Å². The Balaban J connectivity index is 1.83. The van der Waals surface area contributed by atoms with Crippen molar-refractivity contribution in [2.45, 2.75) is 19.9 Å². The first-order valence-electron chi connectivity index (χ1n) is 7.47. The summed E-state index contributed by atoms with van der Waals surface area (Å²) < 4.78 is 1.76. The Morgan fingerprint density at radius 1 is 1.17 bits per heavy atom. The van der Waals surface area contributed by atoms with Crippen molar-refractivity contribution in [2.75, 3.05) is 11.9 Å². The molecule has 0 fully saturated rings. The SMILES string of the molecule is CCc1c(Cl)nc(-c2ccccc2)nc1NCCn1ccnn1. The third-order valence-electron chi connectivity index (χ3n) is 3.45. The molecule has 0 aliphatic carbocycles. The molecule has 0 radical (unpaired) electrons. The molecule has 1 aromatic carbocycles. The summed E-state index contributed by atoms with van der Waals surface area (Å²) >= 11 is 6.34. The van der Waals surface area contributed by atoms with E-state index in [-0.39, 0.29) is 0 Å². The van der Waals surface area contributed by atoms with Crippen molar-refractivity contribution in [1.82, 2.24) is 25.0 Å². The molecular weight excluding hydrogens is 312 g/mol. The van der Waals surface area contributed by atoms with E-state index in [1.54, 1.807) is 10.9 Å². The molecule has 1 N–H and O–H groups in total.